The van der Waals surface area contributed by atoms with Crippen molar-refractivity contribution in [3.05, 3.63) is 17.9 Å². The Morgan fingerprint density at radius 3 is 2.44 bits per heavy atom. The van der Waals surface area contributed by atoms with Crippen molar-refractivity contribution in [1.82, 2.24) is 9.21 Å². The molecule has 9 nitrogen and oxygen atoms in total. The Balaban J connectivity index is 1.63. The van der Waals surface area contributed by atoms with Crippen LogP contribution in [0.15, 0.2) is 21.6 Å². The lowest BCUT2D eigenvalue weighted by Gasteiger charge is -2.30. The van der Waals surface area contributed by atoms with Crippen molar-refractivity contribution in [3.8, 4) is 0 Å². The summed E-state index contributed by atoms with van der Waals surface area (Å²) in [7, 11) is -3.78. The largest absolute Gasteiger partial charge is 0.466 e. The predicted molar refractivity (Wildman–Crippen MR) is 93.5 cm³/mol. The van der Waals surface area contributed by atoms with Crippen LogP contribution in [0.25, 0.3) is 0 Å². The molecule has 0 saturated carbocycles. The molecule has 0 atom stereocenters. The van der Waals surface area contributed by atoms with Crippen LogP contribution in [-0.4, -0.2) is 75.5 Å². The van der Waals surface area contributed by atoms with E-state index >= 15 is 0 Å². The molecule has 10 heteroatoms. The van der Waals surface area contributed by atoms with Crippen molar-refractivity contribution in [2.45, 2.75) is 24.9 Å². The van der Waals surface area contributed by atoms with Gasteiger partial charge in [0.1, 0.15) is 0 Å². The summed E-state index contributed by atoms with van der Waals surface area (Å²) in [6.45, 7) is 4.08. The number of carbonyl (C=O) groups is 2. The summed E-state index contributed by atoms with van der Waals surface area (Å²) in [6, 6.07) is 2.69. The maximum Gasteiger partial charge on any atom is 0.309 e. The van der Waals surface area contributed by atoms with E-state index in [1.54, 1.807) is 11.8 Å². The number of hydrogen-bond donors (Lipinski definition) is 0. The summed E-state index contributed by atoms with van der Waals surface area (Å²) in [6.07, 6.45) is 1.04. The SMILES string of the molecule is CCOC(=O)C1CCN(C(=O)c2ccc(S(=O)(=O)N3CCOCC3)o2)CC1. The Kier molecular flexibility index (Phi) is 6.18. The van der Waals surface area contributed by atoms with Crippen molar-refractivity contribution in [1.29, 1.82) is 0 Å². The molecule has 1 amide bonds. The number of morpholine rings is 1. The molecule has 2 aliphatic heterocycles. The number of furan rings is 1. The maximum absolute atomic E-state index is 12.6. The molecular weight excluding hydrogens is 376 g/mol. The molecule has 0 unspecified atom stereocenters. The summed E-state index contributed by atoms with van der Waals surface area (Å²) in [5.74, 6) is -0.832. The summed E-state index contributed by atoms with van der Waals surface area (Å²) in [4.78, 5) is 26.0. The van der Waals surface area contributed by atoms with Crippen molar-refractivity contribution >= 4 is 21.9 Å². The summed E-state index contributed by atoms with van der Waals surface area (Å²) < 4.78 is 42.0. The van der Waals surface area contributed by atoms with Gasteiger partial charge in [-0.3, -0.25) is 9.59 Å². The zero-order chi connectivity index (χ0) is 19.4. The lowest BCUT2D eigenvalue weighted by Crippen LogP contribution is -2.41. The first kappa shape index (κ1) is 19.8. The molecule has 1 aromatic heterocycles. The van der Waals surface area contributed by atoms with Gasteiger partial charge in [-0.1, -0.05) is 0 Å². The summed E-state index contributed by atoms with van der Waals surface area (Å²) in [5.41, 5.74) is 0. The second kappa shape index (κ2) is 8.41. The second-order valence-corrected chi connectivity index (χ2v) is 8.32. The molecule has 3 rings (SSSR count). The highest BCUT2D eigenvalue weighted by molar-refractivity contribution is 7.89. The van der Waals surface area contributed by atoms with E-state index in [0.717, 1.165) is 0 Å². The van der Waals surface area contributed by atoms with Crippen LogP contribution in [0.2, 0.25) is 0 Å². The van der Waals surface area contributed by atoms with Crippen molar-refractivity contribution in [2.24, 2.45) is 5.92 Å². The van der Waals surface area contributed by atoms with E-state index in [1.807, 2.05) is 0 Å². The predicted octanol–water partition coefficient (Wildman–Crippen LogP) is 0.716. The molecule has 2 aliphatic rings. The lowest BCUT2D eigenvalue weighted by atomic mass is 9.97. The van der Waals surface area contributed by atoms with Gasteiger partial charge in [0.2, 0.25) is 5.09 Å². The lowest BCUT2D eigenvalue weighted by molar-refractivity contribution is -0.149. The highest BCUT2D eigenvalue weighted by atomic mass is 32.2. The van der Waals surface area contributed by atoms with E-state index in [9.17, 15) is 18.0 Å². The highest BCUT2D eigenvalue weighted by Crippen LogP contribution is 2.24. The summed E-state index contributed by atoms with van der Waals surface area (Å²) >= 11 is 0. The van der Waals surface area contributed by atoms with Gasteiger partial charge in [0, 0.05) is 26.2 Å². The Morgan fingerprint density at radius 2 is 1.81 bits per heavy atom. The van der Waals surface area contributed by atoms with Gasteiger partial charge in [-0.25, -0.2) is 8.42 Å². The van der Waals surface area contributed by atoms with Crippen molar-refractivity contribution < 1.29 is 31.9 Å². The molecule has 150 valence electrons. The van der Waals surface area contributed by atoms with E-state index in [4.69, 9.17) is 13.9 Å². The Bertz CT molecular complexity index is 775. The topological polar surface area (TPSA) is 106 Å². The molecular formula is C17H24N2O7S. The van der Waals surface area contributed by atoms with Gasteiger partial charge in [-0.2, -0.15) is 4.31 Å². The number of nitrogens with zero attached hydrogens (tertiary/aromatic N) is 2. The molecule has 0 radical (unpaired) electrons. The smallest absolute Gasteiger partial charge is 0.309 e. The summed E-state index contributed by atoms with van der Waals surface area (Å²) in [5, 5.41) is -0.242. The van der Waals surface area contributed by atoms with E-state index in [0.29, 0.717) is 45.8 Å². The first-order chi connectivity index (χ1) is 12.9. The van der Waals surface area contributed by atoms with Crippen LogP contribution >= 0.6 is 0 Å². The van der Waals surface area contributed by atoms with E-state index in [-0.39, 0.29) is 41.7 Å². The molecule has 27 heavy (non-hydrogen) atoms. The number of rotatable bonds is 5. The fourth-order valence-electron chi connectivity index (χ4n) is 3.22. The van der Waals surface area contributed by atoms with E-state index < -0.39 is 10.0 Å². The highest BCUT2D eigenvalue weighted by Gasteiger charge is 2.32. The number of esters is 1. The zero-order valence-corrected chi connectivity index (χ0v) is 16.1. The fraction of sp³-hybridized carbons (Fsp3) is 0.647. The molecule has 2 fully saturated rings. The quantitative estimate of drug-likeness (QED) is 0.670. The van der Waals surface area contributed by atoms with Crippen LogP contribution in [0.5, 0.6) is 0 Å². The third kappa shape index (κ3) is 4.33. The van der Waals surface area contributed by atoms with Gasteiger partial charge < -0.3 is 18.8 Å². The molecule has 0 spiro atoms. The fourth-order valence-corrected chi connectivity index (χ4v) is 4.54. The monoisotopic (exact) mass is 400 g/mol. The van der Waals surface area contributed by atoms with E-state index in [2.05, 4.69) is 0 Å². The molecule has 0 aromatic carbocycles. The van der Waals surface area contributed by atoms with Crippen LogP contribution in [0, 0.1) is 5.92 Å². The molecule has 0 aliphatic carbocycles. The van der Waals surface area contributed by atoms with Crippen LogP contribution in [-0.2, 0) is 24.3 Å². The Morgan fingerprint density at radius 1 is 1.15 bits per heavy atom. The van der Waals surface area contributed by atoms with Crippen molar-refractivity contribution in [2.75, 3.05) is 46.0 Å². The van der Waals surface area contributed by atoms with Gasteiger partial charge in [0.25, 0.3) is 15.9 Å². The number of likely N-dealkylation sites (tertiary alicyclic amines) is 1. The minimum Gasteiger partial charge on any atom is -0.466 e. The minimum atomic E-state index is -3.78. The molecule has 1 aromatic rings. The molecule has 0 N–H and O–H groups in total. The first-order valence-corrected chi connectivity index (χ1v) is 10.5. The average Bonchev–Trinajstić information content (AvgIpc) is 3.19. The second-order valence-electron chi connectivity index (χ2n) is 6.45. The normalized spacial score (nSPS) is 19.8. The number of carbonyl (C=O) groups excluding carboxylic acids is 2. The average molecular weight is 400 g/mol. The molecule has 3 heterocycles. The van der Waals surface area contributed by atoms with Gasteiger partial charge in [0.15, 0.2) is 5.76 Å². The third-order valence-corrected chi connectivity index (χ3v) is 6.53. The number of ether oxygens (including phenoxy) is 2. The third-order valence-electron chi connectivity index (χ3n) is 4.76. The Labute approximate surface area is 158 Å². The number of hydrogen-bond acceptors (Lipinski definition) is 7. The maximum atomic E-state index is 12.6. The standard InChI is InChI=1S/C17H24N2O7S/c1-2-25-17(21)13-5-7-18(8-6-13)16(20)14-3-4-15(26-14)27(22,23)19-9-11-24-12-10-19/h3-4,13H,2,5-12H2,1H3. The number of amides is 1. The van der Waals surface area contributed by atoms with Gasteiger partial charge in [-0.05, 0) is 31.9 Å². The van der Waals surface area contributed by atoms with Gasteiger partial charge in [0.05, 0.1) is 25.7 Å². The van der Waals surface area contributed by atoms with Gasteiger partial charge >= 0.3 is 5.97 Å². The van der Waals surface area contributed by atoms with Crippen LogP contribution in [0.1, 0.15) is 30.3 Å². The molecule has 2 saturated heterocycles. The Hall–Kier alpha value is -1.91. The first-order valence-electron chi connectivity index (χ1n) is 9.07. The van der Waals surface area contributed by atoms with Crippen LogP contribution < -0.4 is 0 Å². The van der Waals surface area contributed by atoms with Crippen LogP contribution in [0.4, 0.5) is 0 Å². The number of sulfonamides is 1. The van der Waals surface area contributed by atoms with Crippen molar-refractivity contribution in [3.63, 3.8) is 0 Å². The van der Waals surface area contributed by atoms with Gasteiger partial charge in [-0.15, -0.1) is 0 Å². The minimum absolute atomic E-state index is 0.0172. The molecule has 0 bridgehead atoms. The number of piperidine rings is 1. The van der Waals surface area contributed by atoms with Crippen LogP contribution in [0.3, 0.4) is 0 Å². The van der Waals surface area contributed by atoms with E-state index in [1.165, 1.54) is 16.4 Å². The zero-order valence-electron chi connectivity index (χ0n) is 15.3.